The van der Waals surface area contributed by atoms with Crippen LogP contribution in [-0.2, 0) is 25.7 Å². The van der Waals surface area contributed by atoms with Crippen LogP contribution in [0.15, 0.2) is 30.3 Å². The summed E-state index contributed by atoms with van der Waals surface area (Å²) >= 11 is 0. The fourth-order valence-electron chi connectivity index (χ4n) is 2.34. The lowest BCUT2D eigenvalue weighted by molar-refractivity contribution is -0.152. The quantitative estimate of drug-likeness (QED) is 0.570. The SMILES string of the molecule is CCCC[C@@H]1OCC(C(=O)OCc2ccccc2)N1C=O. The standard InChI is InChI=1S/C16H21NO4/c1-2-3-9-15-17(12-18)14(11-20-15)16(19)21-10-13-7-5-4-6-8-13/h4-8,12,14-15H,2-3,9-11H2,1H3/t14?,15-/m0/s1. The van der Waals surface area contributed by atoms with Gasteiger partial charge in [0.15, 0.2) is 6.04 Å². The van der Waals surface area contributed by atoms with Gasteiger partial charge in [0.1, 0.15) is 12.8 Å². The van der Waals surface area contributed by atoms with Crippen molar-refractivity contribution in [1.29, 1.82) is 0 Å². The van der Waals surface area contributed by atoms with Gasteiger partial charge in [0, 0.05) is 0 Å². The molecule has 21 heavy (non-hydrogen) atoms. The van der Waals surface area contributed by atoms with Crippen molar-refractivity contribution in [3.63, 3.8) is 0 Å². The Kier molecular flexibility index (Phi) is 5.75. The molecule has 5 heteroatoms. The van der Waals surface area contributed by atoms with Gasteiger partial charge in [-0.15, -0.1) is 0 Å². The zero-order valence-electron chi connectivity index (χ0n) is 12.2. The molecule has 0 N–H and O–H groups in total. The summed E-state index contributed by atoms with van der Waals surface area (Å²) in [6.07, 6.45) is 3.10. The van der Waals surface area contributed by atoms with Gasteiger partial charge in [-0.25, -0.2) is 4.79 Å². The molecule has 0 bridgehead atoms. The Bertz CT molecular complexity index is 463. The average Bonchev–Trinajstić information content (AvgIpc) is 2.94. The van der Waals surface area contributed by atoms with Crippen LogP contribution in [0.1, 0.15) is 31.7 Å². The average molecular weight is 291 g/mol. The first-order valence-corrected chi connectivity index (χ1v) is 7.31. The molecular weight excluding hydrogens is 270 g/mol. The van der Waals surface area contributed by atoms with Crippen LogP contribution in [0.25, 0.3) is 0 Å². The van der Waals surface area contributed by atoms with E-state index < -0.39 is 12.0 Å². The van der Waals surface area contributed by atoms with E-state index in [1.54, 1.807) is 0 Å². The van der Waals surface area contributed by atoms with E-state index in [2.05, 4.69) is 6.92 Å². The topological polar surface area (TPSA) is 55.8 Å². The Labute approximate surface area is 124 Å². The third-order valence-corrected chi connectivity index (χ3v) is 3.56. The van der Waals surface area contributed by atoms with E-state index in [9.17, 15) is 9.59 Å². The molecule has 5 nitrogen and oxygen atoms in total. The second-order valence-corrected chi connectivity index (χ2v) is 5.09. The second kappa shape index (κ2) is 7.78. The van der Waals surface area contributed by atoms with Crippen LogP contribution in [-0.4, -0.2) is 36.2 Å². The number of ether oxygens (including phenoxy) is 2. The minimum Gasteiger partial charge on any atom is -0.459 e. The lowest BCUT2D eigenvalue weighted by Crippen LogP contribution is -2.41. The molecule has 0 aromatic heterocycles. The number of amides is 1. The van der Waals surface area contributed by atoms with Crippen LogP contribution >= 0.6 is 0 Å². The van der Waals surface area contributed by atoms with Gasteiger partial charge >= 0.3 is 5.97 Å². The number of nitrogens with zero attached hydrogens (tertiary/aromatic N) is 1. The summed E-state index contributed by atoms with van der Waals surface area (Å²) in [4.78, 5) is 24.7. The molecule has 0 aliphatic carbocycles. The third-order valence-electron chi connectivity index (χ3n) is 3.56. The lowest BCUT2D eigenvalue weighted by atomic mass is 10.2. The summed E-state index contributed by atoms with van der Waals surface area (Å²) < 4.78 is 10.8. The molecule has 0 radical (unpaired) electrons. The van der Waals surface area contributed by atoms with E-state index in [-0.39, 0.29) is 19.4 Å². The molecule has 0 spiro atoms. The molecule has 0 saturated carbocycles. The van der Waals surface area contributed by atoms with Gasteiger partial charge in [-0.1, -0.05) is 43.7 Å². The van der Waals surface area contributed by atoms with Crippen molar-refractivity contribution >= 4 is 12.4 Å². The van der Waals surface area contributed by atoms with Crippen LogP contribution in [0, 0.1) is 0 Å². The fourth-order valence-corrected chi connectivity index (χ4v) is 2.34. The molecule has 2 atom stereocenters. The second-order valence-electron chi connectivity index (χ2n) is 5.09. The monoisotopic (exact) mass is 291 g/mol. The number of benzene rings is 1. The molecule has 114 valence electrons. The number of hydrogen-bond donors (Lipinski definition) is 0. The first-order valence-electron chi connectivity index (χ1n) is 7.31. The van der Waals surface area contributed by atoms with Gasteiger partial charge in [-0.2, -0.15) is 0 Å². The maximum absolute atomic E-state index is 12.1. The zero-order valence-corrected chi connectivity index (χ0v) is 12.2. The predicted molar refractivity (Wildman–Crippen MR) is 77.2 cm³/mol. The highest BCUT2D eigenvalue weighted by Gasteiger charge is 2.38. The van der Waals surface area contributed by atoms with Crippen molar-refractivity contribution in [2.24, 2.45) is 0 Å². The van der Waals surface area contributed by atoms with Crippen molar-refractivity contribution in [2.45, 2.75) is 45.1 Å². The molecule has 1 aromatic rings. The van der Waals surface area contributed by atoms with E-state index in [1.807, 2.05) is 30.3 Å². The van der Waals surface area contributed by atoms with Gasteiger partial charge in [0.25, 0.3) is 0 Å². The highest BCUT2D eigenvalue weighted by Crippen LogP contribution is 2.21. The van der Waals surface area contributed by atoms with Gasteiger partial charge in [-0.05, 0) is 18.4 Å². The van der Waals surface area contributed by atoms with Crippen LogP contribution in [0.5, 0.6) is 0 Å². The predicted octanol–water partition coefficient (Wildman–Crippen LogP) is 2.10. The van der Waals surface area contributed by atoms with Crippen LogP contribution in [0.4, 0.5) is 0 Å². The van der Waals surface area contributed by atoms with E-state index in [0.29, 0.717) is 6.41 Å². The van der Waals surface area contributed by atoms with Crippen LogP contribution in [0.2, 0.25) is 0 Å². The number of hydrogen-bond acceptors (Lipinski definition) is 4. The first-order chi connectivity index (χ1) is 10.3. The van der Waals surface area contributed by atoms with E-state index >= 15 is 0 Å². The lowest BCUT2D eigenvalue weighted by Gasteiger charge is -2.22. The van der Waals surface area contributed by atoms with E-state index in [0.717, 1.165) is 24.8 Å². The summed E-state index contributed by atoms with van der Waals surface area (Å²) in [5.41, 5.74) is 0.921. The highest BCUT2D eigenvalue weighted by molar-refractivity contribution is 5.79. The third kappa shape index (κ3) is 4.04. The zero-order chi connectivity index (χ0) is 15.1. The fraction of sp³-hybridized carbons (Fsp3) is 0.500. The molecular formula is C16H21NO4. The first kappa shape index (κ1) is 15.5. The van der Waals surface area contributed by atoms with Crippen molar-refractivity contribution in [1.82, 2.24) is 4.90 Å². The number of carbonyl (C=O) groups excluding carboxylic acids is 2. The highest BCUT2D eigenvalue weighted by atomic mass is 16.6. The maximum Gasteiger partial charge on any atom is 0.331 e. The Morgan fingerprint density at radius 2 is 2.19 bits per heavy atom. The molecule has 1 amide bonds. The molecule has 1 aliphatic heterocycles. The van der Waals surface area contributed by atoms with Crippen molar-refractivity contribution < 1.29 is 19.1 Å². The number of unbranched alkanes of at least 4 members (excludes halogenated alkanes) is 1. The number of esters is 1. The molecule has 1 fully saturated rings. The summed E-state index contributed by atoms with van der Waals surface area (Å²) in [5.74, 6) is -0.412. The Morgan fingerprint density at radius 1 is 1.43 bits per heavy atom. The largest absolute Gasteiger partial charge is 0.459 e. The Hall–Kier alpha value is -1.88. The molecule has 1 aliphatic rings. The number of carbonyl (C=O) groups is 2. The smallest absolute Gasteiger partial charge is 0.331 e. The van der Waals surface area contributed by atoms with Crippen LogP contribution < -0.4 is 0 Å². The van der Waals surface area contributed by atoms with Crippen molar-refractivity contribution in [2.75, 3.05) is 6.61 Å². The van der Waals surface area contributed by atoms with Gasteiger partial charge in [-0.3, -0.25) is 4.79 Å². The van der Waals surface area contributed by atoms with Gasteiger partial charge in [0.2, 0.25) is 6.41 Å². The van der Waals surface area contributed by atoms with Gasteiger partial charge < -0.3 is 14.4 Å². The summed E-state index contributed by atoms with van der Waals surface area (Å²) in [6.45, 7) is 2.50. The van der Waals surface area contributed by atoms with Crippen molar-refractivity contribution in [3.8, 4) is 0 Å². The maximum atomic E-state index is 12.1. The number of rotatable bonds is 7. The van der Waals surface area contributed by atoms with E-state index in [4.69, 9.17) is 9.47 Å². The Morgan fingerprint density at radius 3 is 2.86 bits per heavy atom. The molecule has 1 unspecified atom stereocenters. The summed E-state index contributed by atoms with van der Waals surface area (Å²) in [7, 11) is 0. The van der Waals surface area contributed by atoms with Crippen molar-refractivity contribution in [3.05, 3.63) is 35.9 Å². The minimum atomic E-state index is -0.631. The molecule has 1 heterocycles. The summed E-state index contributed by atoms with van der Waals surface area (Å²) in [6, 6.07) is 8.83. The Balaban J connectivity index is 1.88. The molecule has 2 rings (SSSR count). The normalized spacial score (nSPS) is 21.3. The van der Waals surface area contributed by atoms with E-state index in [1.165, 1.54) is 4.90 Å². The minimum absolute atomic E-state index is 0.209. The molecule has 1 aromatic carbocycles. The van der Waals surface area contributed by atoms with Crippen LogP contribution in [0.3, 0.4) is 0 Å². The summed E-state index contributed by atoms with van der Waals surface area (Å²) in [5, 5.41) is 0. The van der Waals surface area contributed by atoms with Gasteiger partial charge in [0.05, 0.1) is 6.61 Å². The molecule has 1 saturated heterocycles.